The van der Waals surface area contributed by atoms with E-state index in [1.165, 1.54) is 19.1 Å². The third-order valence-corrected chi connectivity index (χ3v) is 6.34. The van der Waals surface area contributed by atoms with Crippen molar-refractivity contribution < 1.29 is 24.2 Å². The van der Waals surface area contributed by atoms with Crippen molar-refractivity contribution in [3.05, 3.63) is 63.1 Å². The van der Waals surface area contributed by atoms with Crippen molar-refractivity contribution in [1.82, 2.24) is 4.90 Å². The molecular weight excluding hydrogens is 462 g/mol. The predicted octanol–water partition coefficient (Wildman–Crippen LogP) is 5.00. The summed E-state index contributed by atoms with van der Waals surface area (Å²) in [6.45, 7) is 4.30. The maximum Gasteiger partial charge on any atom is 0.295 e. The topological polar surface area (TPSA) is 76.1 Å². The molecule has 7 heteroatoms. The van der Waals surface area contributed by atoms with Crippen molar-refractivity contribution in [2.75, 3.05) is 20.8 Å². The van der Waals surface area contributed by atoms with Gasteiger partial charge in [-0.25, -0.2) is 0 Å². The predicted molar refractivity (Wildman–Crippen MR) is 122 cm³/mol. The minimum absolute atomic E-state index is 0.0504. The van der Waals surface area contributed by atoms with Gasteiger partial charge in [0.25, 0.3) is 11.7 Å². The number of unbranched alkanes of at least 4 members (excludes halogenated alkanes) is 1. The summed E-state index contributed by atoms with van der Waals surface area (Å²) in [4.78, 5) is 27.6. The Bertz CT molecular complexity index is 1050. The molecule has 0 aromatic heterocycles. The zero-order chi connectivity index (χ0) is 22.7. The van der Waals surface area contributed by atoms with E-state index in [9.17, 15) is 14.7 Å². The highest BCUT2D eigenvalue weighted by atomic mass is 79.9. The van der Waals surface area contributed by atoms with Gasteiger partial charge in [0.15, 0.2) is 11.5 Å². The summed E-state index contributed by atoms with van der Waals surface area (Å²) in [5.41, 5.74) is 2.02. The van der Waals surface area contributed by atoms with E-state index in [1.807, 2.05) is 13.8 Å². The number of carbonyl (C=O) groups is 2. The number of nitrogens with zero attached hydrogens (tertiary/aromatic N) is 1. The molecule has 1 saturated heterocycles. The van der Waals surface area contributed by atoms with Crippen LogP contribution in [0.1, 0.15) is 42.5 Å². The molecule has 3 rings (SSSR count). The number of amides is 1. The van der Waals surface area contributed by atoms with Crippen LogP contribution in [0.15, 0.2) is 46.4 Å². The van der Waals surface area contributed by atoms with Crippen LogP contribution in [0.4, 0.5) is 0 Å². The molecule has 1 amide bonds. The van der Waals surface area contributed by atoms with E-state index in [-0.39, 0.29) is 11.3 Å². The number of aliphatic hydroxyl groups is 1. The number of Topliss-reactive ketones (excluding diaryl/α,β-unsaturated/α-hetero) is 1. The summed E-state index contributed by atoms with van der Waals surface area (Å²) < 4.78 is 11.9. The molecule has 1 aliphatic heterocycles. The van der Waals surface area contributed by atoms with Crippen LogP contribution in [0.3, 0.4) is 0 Å². The number of rotatable bonds is 7. The van der Waals surface area contributed by atoms with E-state index in [0.717, 1.165) is 22.9 Å². The number of para-hydroxylation sites is 1. The standard InChI is InChI=1S/C24H26BrNO5/c1-5-6-12-26-20(16-8-7-9-18(30-3)23(16)31-4)19(22(28)24(26)29)21(27)15-10-11-17(25)14(2)13-15/h7-11,13,20,27H,5-6,12H2,1-4H3/b21-19+. The summed E-state index contributed by atoms with van der Waals surface area (Å²) in [5.74, 6) is -0.623. The Morgan fingerprint density at radius 2 is 1.90 bits per heavy atom. The molecule has 0 saturated carbocycles. The highest BCUT2D eigenvalue weighted by molar-refractivity contribution is 9.10. The normalized spacial score (nSPS) is 17.8. The molecular formula is C24H26BrNO5. The third-order valence-electron chi connectivity index (χ3n) is 5.45. The van der Waals surface area contributed by atoms with E-state index in [0.29, 0.717) is 29.2 Å². The van der Waals surface area contributed by atoms with Crippen LogP contribution in [0, 0.1) is 6.92 Å². The smallest absolute Gasteiger partial charge is 0.295 e. The number of aliphatic hydroxyl groups excluding tert-OH is 1. The van der Waals surface area contributed by atoms with E-state index in [2.05, 4.69) is 15.9 Å². The fourth-order valence-corrected chi connectivity index (χ4v) is 4.08. The summed E-state index contributed by atoms with van der Waals surface area (Å²) >= 11 is 3.45. The number of carbonyl (C=O) groups excluding carboxylic acids is 2. The summed E-state index contributed by atoms with van der Waals surface area (Å²) in [7, 11) is 3.04. The van der Waals surface area contributed by atoms with Gasteiger partial charge in [-0.2, -0.15) is 0 Å². The van der Waals surface area contributed by atoms with Crippen LogP contribution in [0.2, 0.25) is 0 Å². The number of ether oxygens (including phenoxy) is 2. The van der Waals surface area contributed by atoms with Gasteiger partial charge < -0.3 is 19.5 Å². The first-order chi connectivity index (χ1) is 14.8. The second-order valence-electron chi connectivity index (χ2n) is 7.39. The average molecular weight is 488 g/mol. The Hall–Kier alpha value is -2.80. The van der Waals surface area contributed by atoms with Crippen LogP contribution < -0.4 is 9.47 Å². The van der Waals surface area contributed by atoms with Gasteiger partial charge in [-0.3, -0.25) is 9.59 Å². The molecule has 1 N–H and O–H groups in total. The first kappa shape index (κ1) is 22.9. The molecule has 31 heavy (non-hydrogen) atoms. The molecule has 164 valence electrons. The number of aryl methyl sites for hydroxylation is 1. The summed E-state index contributed by atoms with van der Waals surface area (Å²) in [6, 6.07) is 9.83. The number of hydrogen-bond donors (Lipinski definition) is 1. The van der Waals surface area contributed by atoms with Gasteiger partial charge in [-0.15, -0.1) is 0 Å². The largest absolute Gasteiger partial charge is 0.507 e. The number of likely N-dealkylation sites (tertiary alicyclic amines) is 1. The summed E-state index contributed by atoms with van der Waals surface area (Å²) in [6.07, 6.45) is 1.59. The SMILES string of the molecule is CCCCN1C(=O)C(=O)/C(=C(/O)c2ccc(Br)c(C)c2)C1c1cccc(OC)c1OC. The second kappa shape index (κ2) is 9.56. The van der Waals surface area contributed by atoms with E-state index < -0.39 is 17.7 Å². The quantitative estimate of drug-likeness (QED) is 0.338. The number of ketones is 1. The van der Waals surface area contributed by atoms with E-state index >= 15 is 0 Å². The highest BCUT2D eigenvalue weighted by Crippen LogP contribution is 2.45. The molecule has 0 aliphatic carbocycles. The van der Waals surface area contributed by atoms with Crippen LogP contribution in [0.5, 0.6) is 11.5 Å². The third kappa shape index (κ3) is 4.19. The monoisotopic (exact) mass is 487 g/mol. The lowest BCUT2D eigenvalue weighted by Crippen LogP contribution is -2.30. The fourth-order valence-electron chi connectivity index (χ4n) is 3.84. The lowest BCUT2D eigenvalue weighted by atomic mass is 9.94. The van der Waals surface area contributed by atoms with Crippen molar-refractivity contribution >= 4 is 33.4 Å². The fraction of sp³-hybridized carbons (Fsp3) is 0.333. The van der Waals surface area contributed by atoms with Gasteiger partial charge >= 0.3 is 0 Å². The van der Waals surface area contributed by atoms with Crippen LogP contribution in [0.25, 0.3) is 5.76 Å². The second-order valence-corrected chi connectivity index (χ2v) is 8.25. The van der Waals surface area contributed by atoms with Gasteiger partial charge in [0.05, 0.1) is 25.8 Å². The van der Waals surface area contributed by atoms with Gasteiger partial charge in [-0.1, -0.05) is 47.5 Å². The first-order valence-electron chi connectivity index (χ1n) is 10.1. The van der Waals surface area contributed by atoms with Crippen molar-refractivity contribution in [2.45, 2.75) is 32.7 Å². The maximum absolute atomic E-state index is 13.1. The van der Waals surface area contributed by atoms with Crippen LogP contribution >= 0.6 is 15.9 Å². The Labute approximate surface area is 190 Å². The molecule has 0 spiro atoms. The maximum atomic E-state index is 13.1. The average Bonchev–Trinajstić information content (AvgIpc) is 3.02. The van der Waals surface area contributed by atoms with Crippen molar-refractivity contribution in [1.29, 1.82) is 0 Å². The molecule has 1 aliphatic rings. The minimum atomic E-state index is -0.777. The Morgan fingerprint density at radius 1 is 1.16 bits per heavy atom. The minimum Gasteiger partial charge on any atom is -0.507 e. The highest BCUT2D eigenvalue weighted by Gasteiger charge is 2.47. The molecule has 0 bridgehead atoms. The molecule has 2 aromatic carbocycles. The molecule has 6 nitrogen and oxygen atoms in total. The lowest BCUT2D eigenvalue weighted by molar-refractivity contribution is -0.139. The lowest BCUT2D eigenvalue weighted by Gasteiger charge is -2.27. The van der Waals surface area contributed by atoms with Gasteiger partial charge in [0, 0.05) is 22.1 Å². The van der Waals surface area contributed by atoms with Crippen molar-refractivity contribution in [2.24, 2.45) is 0 Å². The van der Waals surface area contributed by atoms with Crippen molar-refractivity contribution in [3.63, 3.8) is 0 Å². The Morgan fingerprint density at radius 3 is 2.52 bits per heavy atom. The van der Waals surface area contributed by atoms with E-state index in [4.69, 9.17) is 9.47 Å². The molecule has 1 heterocycles. The zero-order valence-corrected chi connectivity index (χ0v) is 19.7. The molecule has 1 unspecified atom stereocenters. The van der Waals surface area contributed by atoms with Crippen molar-refractivity contribution in [3.8, 4) is 11.5 Å². The number of hydrogen-bond acceptors (Lipinski definition) is 5. The molecule has 1 atom stereocenters. The Kier molecular flexibility index (Phi) is 7.05. The molecule has 0 radical (unpaired) electrons. The first-order valence-corrected chi connectivity index (χ1v) is 10.9. The Balaban J connectivity index is 2.27. The van der Waals surface area contributed by atoms with Gasteiger partial charge in [0.2, 0.25) is 0 Å². The molecule has 2 aromatic rings. The number of methoxy groups -OCH3 is 2. The van der Waals surface area contributed by atoms with Crippen LogP contribution in [-0.2, 0) is 9.59 Å². The number of benzene rings is 2. The van der Waals surface area contributed by atoms with Gasteiger partial charge in [-0.05, 0) is 37.1 Å². The zero-order valence-electron chi connectivity index (χ0n) is 18.1. The van der Waals surface area contributed by atoms with Gasteiger partial charge in [0.1, 0.15) is 5.76 Å². The number of halogens is 1. The molecule has 1 fully saturated rings. The van der Waals surface area contributed by atoms with E-state index in [1.54, 1.807) is 36.4 Å². The summed E-state index contributed by atoms with van der Waals surface area (Å²) in [5, 5.41) is 11.2. The van der Waals surface area contributed by atoms with Crippen LogP contribution in [-0.4, -0.2) is 42.5 Å².